The Kier molecular flexibility index (Phi) is 3.06. The highest BCUT2D eigenvalue weighted by Gasteiger charge is 2.47. The molecule has 1 aliphatic rings. The predicted molar refractivity (Wildman–Crippen MR) is 67.7 cm³/mol. The van der Waals surface area contributed by atoms with E-state index in [4.69, 9.17) is 9.47 Å². The lowest BCUT2D eigenvalue weighted by Crippen LogP contribution is -2.43. The molecule has 0 spiro atoms. The minimum absolute atomic E-state index is 0.216. The first-order chi connectivity index (χ1) is 8.37. The van der Waals surface area contributed by atoms with Gasteiger partial charge >= 0.3 is 6.08 Å². The van der Waals surface area contributed by atoms with Gasteiger partial charge in [-0.1, -0.05) is 34.7 Å². The van der Waals surface area contributed by atoms with E-state index in [1.807, 2.05) is 6.07 Å². The van der Waals surface area contributed by atoms with Crippen LogP contribution in [0.1, 0.15) is 24.7 Å². The average molecular weight is 269 g/mol. The molecule has 0 fully saturated rings. The van der Waals surface area contributed by atoms with Crippen LogP contribution in [0.15, 0.2) is 34.7 Å². The highest BCUT2D eigenvalue weighted by molar-refractivity contribution is 7.90. The lowest BCUT2D eigenvalue weighted by atomic mass is 9.97. The summed E-state index contributed by atoms with van der Waals surface area (Å²) in [4.78, 5) is 0. The Bertz CT molecular complexity index is 563. The lowest BCUT2D eigenvalue weighted by molar-refractivity contribution is 0.0442. The number of methoxy groups -OCH3 is 1. The molecule has 1 atom stereocenters. The monoisotopic (exact) mass is 269 g/mol. The van der Waals surface area contributed by atoms with E-state index in [2.05, 4.69) is 4.40 Å². The van der Waals surface area contributed by atoms with Gasteiger partial charge in [0.1, 0.15) is 10.9 Å². The largest absolute Gasteiger partial charge is 0.453 e. The quantitative estimate of drug-likeness (QED) is 0.780. The zero-order chi connectivity index (χ0) is 13.4. The number of sulfonamides is 1. The number of hydrogen-bond acceptors (Lipinski definition) is 4. The van der Waals surface area contributed by atoms with Gasteiger partial charge in [-0.3, -0.25) is 0 Å². The maximum atomic E-state index is 12.2. The second-order valence-corrected chi connectivity index (χ2v) is 6.26. The van der Waals surface area contributed by atoms with Gasteiger partial charge in [-0.25, -0.2) is 8.42 Å². The molecule has 0 amide bonds. The Morgan fingerprint density at radius 3 is 2.39 bits per heavy atom. The summed E-state index contributed by atoms with van der Waals surface area (Å²) in [6.07, 6.45) is -0.216. The van der Waals surface area contributed by atoms with E-state index in [1.165, 1.54) is 7.11 Å². The number of nitrogens with zero attached hydrogens (tertiary/aromatic N) is 1. The molecule has 1 aromatic rings. The van der Waals surface area contributed by atoms with Crippen LogP contribution in [0.3, 0.4) is 0 Å². The Labute approximate surface area is 106 Å². The van der Waals surface area contributed by atoms with Crippen molar-refractivity contribution in [2.45, 2.75) is 24.7 Å². The van der Waals surface area contributed by atoms with Crippen LogP contribution < -0.4 is 0 Å². The number of ether oxygens (including phenoxy) is 2. The van der Waals surface area contributed by atoms with Gasteiger partial charge in [0.15, 0.2) is 0 Å². The highest BCUT2D eigenvalue weighted by Crippen LogP contribution is 2.40. The summed E-state index contributed by atoms with van der Waals surface area (Å²) in [5.41, 5.74) is -0.283. The van der Waals surface area contributed by atoms with E-state index >= 15 is 0 Å². The molecule has 0 aromatic heterocycles. The molecular weight excluding hydrogens is 254 g/mol. The maximum absolute atomic E-state index is 12.2. The Hall–Kier alpha value is -1.56. The van der Waals surface area contributed by atoms with Gasteiger partial charge in [0.05, 0.1) is 7.11 Å². The molecule has 0 saturated carbocycles. The molecule has 1 aliphatic heterocycles. The Morgan fingerprint density at radius 2 is 1.89 bits per heavy atom. The van der Waals surface area contributed by atoms with Crippen LogP contribution in [0.5, 0.6) is 0 Å². The molecule has 0 saturated heterocycles. The van der Waals surface area contributed by atoms with Crippen molar-refractivity contribution in [3.05, 3.63) is 35.9 Å². The third-order valence-corrected chi connectivity index (χ3v) is 4.60. The molecule has 5 nitrogen and oxygen atoms in total. The number of benzene rings is 1. The smallest absolute Gasteiger partial charge is 0.399 e. The van der Waals surface area contributed by atoms with E-state index in [1.54, 1.807) is 38.1 Å². The minimum Gasteiger partial charge on any atom is -0.453 e. The SMILES string of the molecule is COC1=NS(=O)(=O)[C@H](c2ccccc2)C(C)(C)O1. The minimum atomic E-state index is -3.71. The summed E-state index contributed by atoms with van der Waals surface area (Å²) in [6.45, 7) is 3.41. The summed E-state index contributed by atoms with van der Waals surface area (Å²) in [5, 5.41) is -0.843. The first kappa shape index (κ1) is 12.9. The fourth-order valence-corrected chi connectivity index (χ4v) is 3.78. The highest BCUT2D eigenvalue weighted by atomic mass is 32.2. The average Bonchev–Trinajstić information content (AvgIpc) is 2.27. The van der Waals surface area contributed by atoms with Crippen molar-refractivity contribution < 1.29 is 17.9 Å². The fraction of sp³-hybridized carbons (Fsp3) is 0.417. The van der Waals surface area contributed by atoms with Crippen LogP contribution >= 0.6 is 0 Å². The molecule has 0 unspecified atom stereocenters. The van der Waals surface area contributed by atoms with Crippen molar-refractivity contribution in [2.24, 2.45) is 4.40 Å². The van der Waals surface area contributed by atoms with Gasteiger partial charge in [0.2, 0.25) is 0 Å². The van der Waals surface area contributed by atoms with Gasteiger partial charge in [-0.15, -0.1) is 0 Å². The molecule has 6 heteroatoms. The first-order valence-electron chi connectivity index (χ1n) is 5.48. The van der Waals surface area contributed by atoms with Crippen LogP contribution in [0.2, 0.25) is 0 Å². The predicted octanol–water partition coefficient (Wildman–Crippen LogP) is 1.87. The Morgan fingerprint density at radius 1 is 1.28 bits per heavy atom. The second kappa shape index (κ2) is 4.28. The molecule has 18 heavy (non-hydrogen) atoms. The van der Waals surface area contributed by atoms with Crippen molar-refractivity contribution >= 4 is 16.1 Å². The van der Waals surface area contributed by atoms with E-state index in [0.29, 0.717) is 5.56 Å². The van der Waals surface area contributed by atoms with Crippen LogP contribution in [0.4, 0.5) is 0 Å². The van der Waals surface area contributed by atoms with Gasteiger partial charge in [0, 0.05) is 0 Å². The third kappa shape index (κ3) is 2.20. The molecule has 0 radical (unpaired) electrons. The summed E-state index contributed by atoms with van der Waals surface area (Å²) < 4.78 is 38.2. The third-order valence-electron chi connectivity index (χ3n) is 2.76. The van der Waals surface area contributed by atoms with E-state index in [9.17, 15) is 8.42 Å². The number of rotatable bonds is 1. The molecule has 0 N–H and O–H groups in total. The standard InChI is InChI=1S/C12H15NO4S/c1-12(2)10(9-7-5-4-6-8-9)18(14,15)13-11(16-3)17-12/h4-8,10H,1-3H3/t10-/m1/s1. The normalized spacial score (nSPS) is 24.8. The fourth-order valence-electron chi connectivity index (χ4n) is 2.09. The molecule has 1 heterocycles. The van der Waals surface area contributed by atoms with Crippen LogP contribution in [-0.4, -0.2) is 27.2 Å². The van der Waals surface area contributed by atoms with E-state index < -0.39 is 20.9 Å². The zero-order valence-electron chi connectivity index (χ0n) is 10.5. The Balaban J connectivity index is 2.56. The maximum Gasteiger partial charge on any atom is 0.399 e. The van der Waals surface area contributed by atoms with Gasteiger partial charge < -0.3 is 9.47 Å². The van der Waals surface area contributed by atoms with Crippen LogP contribution in [0, 0.1) is 0 Å². The van der Waals surface area contributed by atoms with E-state index in [-0.39, 0.29) is 6.08 Å². The molecule has 0 bridgehead atoms. The molecule has 98 valence electrons. The van der Waals surface area contributed by atoms with Crippen molar-refractivity contribution in [1.29, 1.82) is 0 Å². The second-order valence-electron chi connectivity index (χ2n) is 4.57. The molecule has 0 aliphatic carbocycles. The lowest BCUT2D eigenvalue weighted by Gasteiger charge is -2.36. The van der Waals surface area contributed by atoms with Crippen molar-refractivity contribution in [1.82, 2.24) is 0 Å². The summed E-state index contributed by atoms with van der Waals surface area (Å²) in [6, 6.07) is 8.91. The van der Waals surface area contributed by atoms with Gasteiger partial charge in [-0.05, 0) is 19.4 Å². The van der Waals surface area contributed by atoms with Crippen molar-refractivity contribution in [3.8, 4) is 0 Å². The first-order valence-corrected chi connectivity index (χ1v) is 6.99. The number of hydrogen-bond donors (Lipinski definition) is 0. The topological polar surface area (TPSA) is 65.0 Å². The van der Waals surface area contributed by atoms with Crippen LogP contribution in [-0.2, 0) is 19.5 Å². The van der Waals surface area contributed by atoms with Crippen molar-refractivity contribution in [3.63, 3.8) is 0 Å². The van der Waals surface area contributed by atoms with Gasteiger partial charge in [0.25, 0.3) is 10.0 Å². The van der Waals surface area contributed by atoms with Gasteiger partial charge in [-0.2, -0.15) is 0 Å². The van der Waals surface area contributed by atoms with E-state index in [0.717, 1.165) is 0 Å². The summed E-state index contributed by atoms with van der Waals surface area (Å²) in [5.74, 6) is 0. The zero-order valence-corrected chi connectivity index (χ0v) is 11.3. The van der Waals surface area contributed by atoms with Crippen molar-refractivity contribution in [2.75, 3.05) is 7.11 Å². The molecule has 2 rings (SSSR count). The van der Waals surface area contributed by atoms with Crippen LogP contribution in [0.25, 0.3) is 0 Å². The summed E-state index contributed by atoms with van der Waals surface area (Å²) in [7, 11) is -2.38. The molecule has 1 aromatic carbocycles. The summed E-state index contributed by atoms with van der Waals surface area (Å²) >= 11 is 0. The molecular formula is C12H15NO4S.